The molecule has 0 amide bonds. The number of fused-ring (bicyclic) bond motifs is 2. The maximum absolute atomic E-state index is 6.23. The van der Waals surface area contributed by atoms with Crippen LogP contribution < -0.4 is 20.7 Å². The number of terminal acetylenes is 1. The Morgan fingerprint density at radius 3 is 3.06 bits per heavy atom. The molecular formula is C26H30N6O. The van der Waals surface area contributed by atoms with Gasteiger partial charge in [0.1, 0.15) is 17.9 Å². The molecule has 3 aromatic rings. The van der Waals surface area contributed by atoms with Crippen LogP contribution in [0.2, 0.25) is 0 Å². The van der Waals surface area contributed by atoms with Gasteiger partial charge in [0.15, 0.2) is 0 Å². The second-order valence-electron chi connectivity index (χ2n) is 8.70. The van der Waals surface area contributed by atoms with Crippen molar-refractivity contribution in [1.82, 2.24) is 20.2 Å². The Morgan fingerprint density at radius 2 is 2.18 bits per heavy atom. The molecule has 2 aromatic carbocycles. The molecule has 0 unspecified atom stereocenters. The second kappa shape index (κ2) is 9.65. The molecule has 2 aliphatic rings. The number of hydrogen-bond acceptors (Lipinski definition) is 7. The summed E-state index contributed by atoms with van der Waals surface area (Å²) in [6.07, 6.45) is 9.42. The van der Waals surface area contributed by atoms with E-state index in [0.29, 0.717) is 12.6 Å². The highest BCUT2D eigenvalue weighted by atomic mass is 16.5. The first-order valence-corrected chi connectivity index (χ1v) is 11.6. The zero-order valence-corrected chi connectivity index (χ0v) is 19.0. The van der Waals surface area contributed by atoms with Crippen molar-refractivity contribution in [2.45, 2.75) is 18.9 Å². The Hall–Kier alpha value is -3.34. The number of nitrogens with one attached hydrogen (secondary N) is 3. The molecule has 1 aromatic heterocycles. The van der Waals surface area contributed by atoms with Crippen molar-refractivity contribution in [3.8, 4) is 18.1 Å². The van der Waals surface area contributed by atoms with Crippen molar-refractivity contribution < 1.29 is 4.74 Å². The highest BCUT2D eigenvalue weighted by Crippen LogP contribution is 2.33. The third-order valence-electron chi connectivity index (χ3n) is 6.71. The van der Waals surface area contributed by atoms with Gasteiger partial charge >= 0.3 is 0 Å². The van der Waals surface area contributed by atoms with Crippen LogP contribution in [0.15, 0.2) is 42.7 Å². The lowest BCUT2D eigenvalue weighted by Gasteiger charge is -2.23. The average molecular weight is 443 g/mol. The molecule has 2 fully saturated rings. The summed E-state index contributed by atoms with van der Waals surface area (Å²) < 4.78 is 6.23. The quantitative estimate of drug-likeness (QED) is 0.364. The van der Waals surface area contributed by atoms with Gasteiger partial charge in [0.2, 0.25) is 0 Å². The number of rotatable bonds is 8. The number of anilines is 3. The van der Waals surface area contributed by atoms with Crippen molar-refractivity contribution >= 4 is 28.1 Å². The highest BCUT2D eigenvalue weighted by Gasteiger charge is 2.36. The molecule has 0 aliphatic carbocycles. The zero-order valence-electron chi connectivity index (χ0n) is 19.0. The van der Waals surface area contributed by atoms with E-state index in [2.05, 4.69) is 36.7 Å². The second-order valence-corrected chi connectivity index (χ2v) is 8.70. The Balaban J connectivity index is 1.30. The van der Waals surface area contributed by atoms with E-state index < -0.39 is 0 Å². The normalized spacial score (nSPS) is 19.9. The molecule has 5 rings (SSSR count). The van der Waals surface area contributed by atoms with Crippen molar-refractivity contribution in [3.63, 3.8) is 0 Å². The van der Waals surface area contributed by atoms with E-state index in [9.17, 15) is 0 Å². The standard InChI is InChI=1S/C26H30N6O/c1-3-18-6-4-7-20(12-18)31-26-21-13-25(23(27-2)14-22(21)29-17-30-26)33-11-5-9-32-10-8-19-15-28-16-24(19)32/h1,4,6-7,12-14,17,19,24,27-28H,5,8-11,15-16H2,2H3,(H,29,30,31)/t19-,24+/m0/s1. The molecule has 3 heterocycles. The Labute approximate surface area is 194 Å². The smallest absolute Gasteiger partial charge is 0.143 e. The molecule has 33 heavy (non-hydrogen) atoms. The third kappa shape index (κ3) is 4.58. The summed E-state index contributed by atoms with van der Waals surface area (Å²) in [5.74, 6) is 5.02. The monoisotopic (exact) mass is 442 g/mol. The van der Waals surface area contributed by atoms with Gasteiger partial charge in [-0.25, -0.2) is 9.97 Å². The molecule has 2 atom stereocenters. The molecule has 7 heteroatoms. The van der Waals surface area contributed by atoms with E-state index in [4.69, 9.17) is 11.2 Å². The van der Waals surface area contributed by atoms with Gasteiger partial charge in [-0.3, -0.25) is 4.90 Å². The lowest BCUT2D eigenvalue weighted by atomic mass is 10.1. The number of hydrogen-bond donors (Lipinski definition) is 3. The molecule has 170 valence electrons. The van der Waals surface area contributed by atoms with Crippen LogP contribution in [-0.2, 0) is 0 Å². The summed E-state index contributed by atoms with van der Waals surface area (Å²) in [4.78, 5) is 11.5. The number of nitrogens with zero attached hydrogens (tertiary/aromatic N) is 3. The molecule has 0 spiro atoms. The molecule has 0 saturated carbocycles. The van der Waals surface area contributed by atoms with Crippen LogP contribution in [-0.4, -0.2) is 60.7 Å². The van der Waals surface area contributed by atoms with Gasteiger partial charge < -0.3 is 20.7 Å². The predicted molar refractivity (Wildman–Crippen MR) is 133 cm³/mol. The van der Waals surface area contributed by atoms with Gasteiger partial charge in [0.05, 0.1) is 17.8 Å². The van der Waals surface area contributed by atoms with Crippen LogP contribution in [0.5, 0.6) is 5.75 Å². The fraction of sp³-hybridized carbons (Fsp3) is 0.385. The van der Waals surface area contributed by atoms with Gasteiger partial charge in [0, 0.05) is 42.8 Å². The SMILES string of the molecule is C#Cc1cccc(Nc2ncnc3cc(NC)c(OCCCN4CC[C@H]5CNC[C@H]54)cc23)c1. The van der Waals surface area contributed by atoms with Crippen LogP contribution in [0, 0.1) is 18.3 Å². The largest absolute Gasteiger partial charge is 0.491 e. The number of ether oxygens (including phenoxy) is 1. The number of benzene rings is 2. The Morgan fingerprint density at radius 1 is 1.24 bits per heavy atom. The van der Waals surface area contributed by atoms with Crippen molar-refractivity contribution in [3.05, 3.63) is 48.3 Å². The maximum atomic E-state index is 6.23. The fourth-order valence-corrected chi connectivity index (χ4v) is 4.99. The van der Waals surface area contributed by atoms with E-state index in [1.165, 1.54) is 19.5 Å². The van der Waals surface area contributed by atoms with Crippen LogP contribution in [0.25, 0.3) is 10.9 Å². The first-order chi connectivity index (χ1) is 16.2. The molecule has 0 radical (unpaired) electrons. The van der Waals surface area contributed by atoms with Gasteiger partial charge in [-0.15, -0.1) is 6.42 Å². The van der Waals surface area contributed by atoms with Crippen LogP contribution in [0.4, 0.5) is 17.2 Å². The first-order valence-electron chi connectivity index (χ1n) is 11.6. The van der Waals surface area contributed by atoms with E-state index in [1.807, 2.05) is 43.4 Å². The predicted octanol–water partition coefficient (Wildman–Crippen LogP) is 3.46. The lowest BCUT2D eigenvalue weighted by Crippen LogP contribution is -2.35. The average Bonchev–Trinajstić information content (AvgIpc) is 3.46. The van der Waals surface area contributed by atoms with Crippen molar-refractivity contribution in [2.75, 3.05) is 50.5 Å². The zero-order chi connectivity index (χ0) is 22.6. The summed E-state index contributed by atoms with van der Waals surface area (Å²) in [6.45, 7) is 5.25. The fourth-order valence-electron chi connectivity index (χ4n) is 4.99. The lowest BCUT2D eigenvalue weighted by molar-refractivity contribution is 0.221. The summed E-state index contributed by atoms with van der Waals surface area (Å²) in [5, 5.41) is 11.0. The summed E-state index contributed by atoms with van der Waals surface area (Å²) >= 11 is 0. The minimum absolute atomic E-state index is 0.669. The van der Waals surface area contributed by atoms with Gasteiger partial charge in [-0.1, -0.05) is 12.0 Å². The molecule has 2 saturated heterocycles. The van der Waals surface area contributed by atoms with Crippen LogP contribution in [0.3, 0.4) is 0 Å². The van der Waals surface area contributed by atoms with E-state index in [-0.39, 0.29) is 0 Å². The Bertz CT molecular complexity index is 1170. The molecule has 0 bridgehead atoms. The maximum Gasteiger partial charge on any atom is 0.143 e. The van der Waals surface area contributed by atoms with Gasteiger partial charge in [-0.2, -0.15) is 0 Å². The van der Waals surface area contributed by atoms with E-state index in [0.717, 1.165) is 64.8 Å². The summed E-state index contributed by atoms with van der Waals surface area (Å²) in [6, 6.07) is 12.5. The number of aromatic nitrogens is 2. The van der Waals surface area contributed by atoms with Crippen LogP contribution in [0.1, 0.15) is 18.4 Å². The Kier molecular flexibility index (Phi) is 6.29. The third-order valence-corrected chi connectivity index (χ3v) is 6.71. The van der Waals surface area contributed by atoms with Crippen LogP contribution >= 0.6 is 0 Å². The molecule has 2 aliphatic heterocycles. The topological polar surface area (TPSA) is 74.3 Å². The highest BCUT2D eigenvalue weighted by molar-refractivity contribution is 5.94. The minimum atomic E-state index is 0.669. The summed E-state index contributed by atoms with van der Waals surface area (Å²) in [5.41, 5.74) is 3.46. The summed E-state index contributed by atoms with van der Waals surface area (Å²) in [7, 11) is 1.90. The molecule has 3 N–H and O–H groups in total. The molecule has 7 nitrogen and oxygen atoms in total. The van der Waals surface area contributed by atoms with Crippen molar-refractivity contribution in [1.29, 1.82) is 0 Å². The number of likely N-dealkylation sites (tertiary alicyclic amines) is 1. The van der Waals surface area contributed by atoms with E-state index in [1.54, 1.807) is 6.33 Å². The van der Waals surface area contributed by atoms with E-state index >= 15 is 0 Å². The molecular weight excluding hydrogens is 412 g/mol. The first kappa shape index (κ1) is 21.5. The minimum Gasteiger partial charge on any atom is -0.491 e. The van der Waals surface area contributed by atoms with Gasteiger partial charge in [-0.05, 0) is 62.2 Å². The van der Waals surface area contributed by atoms with Gasteiger partial charge in [0.25, 0.3) is 0 Å². The van der Waals surface area contributed by atoms with Crippen molar-refractivity contribution in [2.24, 2.45) is 5.92 Å².